The van der Waals surface area contributed by atoms with Crippen LogP contribution in [0.3, 0.4) is 0 Å². The van der Waals surface area contributed by atoms with Gasteiger partial charge in [0.2, 0.25) is 0 Å². The first-order chi connectivity index (χ1) is 6.20. The van der Waals surface area contributed by atoms with E-state index < -0.39 is 0 Å². The van der Waals surface area contributed by atoms with Crippen LogP contribution in [0.4, 0.5) is 0 Å². The van der Waals surface area contributed by atoms with E-state index in [-0.39, 0.29) is 0 Å². The fraction of sp³-hybridized carbons (Fsp3) is 0.333. The van der Waals surface area contributed by atoms with Crippen molar-refractivity contribution in [2.45, 2.75) is 19.8 Å². The molecule has 0 spiro atoms. The van der Waals surface area contributed by atoms with E-state index in [0.29, 0.717) is 11.8 Å². The van der Waals surface area contributed by atoms with Gasteiger partial charge in [-0.25, -0.2) is 0 Å². The molecule has 13 heavy (non-hydrogen) atoms. The van der Waals surface area contributed by atoms with E-state index in [1.165, 1.54) is 15.4 Å². The molecule has 62 valence electrons. The van der Waals surface area contributed by atoms with Crippen LogP contribution < -0.4 is 0 Å². The summed E-state index contributed by atoms with van der Waals surface area (Å²) in [6.07, 6.45) is 2.32. The van der Waals surface area contributed by atoms with Crippen LogP contribution in [0.1, 0.15) is 30.9 Å². The molecular formula is C12H13Li. The van der Waals surface area contributed by atoms with Gasteiger partial charge in [-0.3, -0.25) is 0 Å². The van der Waals surface area contributed by atoms with E-state index in [1.54, 1.807) is 0 Å². The Kier molecular flexibility index (Phi) is 2.36. The zero-order valence-corrected chi connectivity index (χ0v) is 8.54. The fourth-order valence-electron chi connectivity index (χ4n) is 2.39. The summed E-state index contributed by atoms with van der Waals surface area (Å²) in [5.41, 5.74) is 2.92. The Morgan fingerprint density at radius 2 is 1.92 bits per heavy atom. The Morgan fingerprint density at radius 3 is 2.62 bits per heavy atom. The molecule has 0 bridgehead atoms. The van der Waals surface area contributed by atoms with Crippen molar-refractivity contribution in [1.29, 1.82) is 0 Å². The Hall–Kier alpha value is -0.443. The quantitative estimate of drug-likeness (QED) is 0.560. The fourth-order valence-corrected chi connectivity index (χ4v) is 2.39. The molecule has 1 aromatic carbocycles. The van der Waals surface area contributed by atoms with E-state index in [0.717, 1.165) is 0 Å². The van der Waals surface area contributed by atoms with Gasteiger partial charge >= 0.3 is 89.1 Å². The summed E-state index contributed by atoms with van der Waals surface area (Å²) in [5, 5.41) is 0. The molecule has 0 amide bonds. The molecule has 1 aromatic rings. The van der Waals surface area contributed by atoms with Crippen molar-refractivity contribution < 1.29 is 0 Å². The van der Waals surface area contributed by atoms with Crippen LogP contribution >= 0.6 is 0 Å². The van der Waals surface area contributed by atoms with Crippen LogP contribution in [0, 0.1) is 5.92 Å². The summed E-state index contributed by atoms with van der Waals surface area (Å²) < 4.78 is 1.51. The van der Waals surface area contributed by atoms with Gasteiger partial charge in [0.15, 0.2) is 0 Å². The van der Waals surface area contributed by atoms with Crippen molar-refractivity contribution in [2.24, 2.45) is 5.92 Å². The molecule has 0 radical (unpaired) electrons. The van der Waals surface area contributed by atoms with Gasteiger partial charge < -0.3 is 0 Å². The molecule has 0 aromatic heterocycles. The SMILES string of the molecule is [Li][C]1=Cc2ccccc2C1C(C)C. The summed E-state index contributed by atoms with van der Waals surface area (Å²) in [4.78, 5) is 0. The first kappa shape index (κ1) is 9.13. The second kappa shape index (κ2) is 3.37. The van der Waals surface area contributed by atoms with E-state index in [9.17, 15) is 0 Å². The monoisotopic (exact) mass is 164 g/mol. The first-order valence-electron chi connectivity index (χ1n) is 4.97. The summed E-state index contributed by atoms with van der Waals surface area (Å²) in [7, 11) is 0. The predicted octanol–water partition coefficient (Wildman–Crippen LogP) is 2.95. The van der Waals surface area contributed by atoms with Crippen molar-refractivity contribution in [3.05, 3.63) is 39.6 Å². The van der Waals surface area contributed by atoms with E-state index in [2.05, 4.69) is 61.9 Å². The summed E-state index contributed by atoms with van der Waals surface area (Å²) >= 11 is 2.24. The van der Waals surface area contributed by atoms with Gasteiger partial charge in [-0.1, -0.05) is 0 Å². The average molecular weight is 164 g/mol. The third-order valence-electron chi connectivity index (χ3n) is 2.87. The Bertz CT molecular complexity index is 350. The Balaban J connectivity index is 2.49. The van der Waals surface area contributed by atoms with E-state index in [1.807, 2.05) is 0 Å². The number of rotatable bonds is 1. The molecule has 1 heteroatoms. The van der Waals surface area contributed by atoms with Gasteiger partial charge in [-0.15, -0.1) is 0 Å². The number of benzene rings is 1. The molecule has 2 rings (SSSR count). The van der Waals surface area contributed by atoms with Crippen molar-refractivity contribution in [3.8, 4) is 0 Å². The van der Waals surface area contributed by atoms with Crippen molar-refractivity contribution >= 4 is 23.8 Å². The topological polar surface area (TPSA) is 0 Å². The molecule has 1 aliphatic carbocycles. The predicted molar refractivity (Wildman–Crippen MR) is 57.8 cm³/mol. The van der Waals surface area contributed by atoms with Gasteiger partial charge in [-0.2, -0.15) is 0 Å². The van der Waals surface area contributed by atoms with Crippen LogP contribution in [0.25, 0.3) is 6.08 Å². The van der Waals surface area contributed by atoms with Crippen LogP contribution in [0.5, 0.6) is 0 Å². The van der Waals surface area contributed by atoms with Crippen molar-refractivity contribution in [1.82, 2.24) is 0 Å². The number of allylic oxidation sites excluding steroid dienone is 1. The number of fused-ring (bicyclic) bond motifs is 1. The molecule has 0 fully saturated rings. The number of hydrogen-bond donors (Lipinski definition) is 0. The van der Waals surface area contributed by atoms with Gasteiger partial charge in [0, 0.05) is 0 Å². The van der Waals surface area contributed by atoms with Gasteiger partial charge in [-0.05, 0) is 0 Å². The molecule has 1 aliphatic rings. The molecule has 1 unspecified atom stereocenters. The molecular weight excluding hydrogens is 151 g/mol. The zero-order chi connectivity index (χ0) is 9.42. The van der Waals surface area contributed by atoms with Crippen molar-refractivity contribution in [3.63, 3.8) is 0 Å². The molecule has 0 N–H and O–H groups in total. The summed E-state index contributed by atoms with van der Waals surface area (Å²) in [5.74, 6) is 1.36. The molecule has 1 atom stereocenters. The Morgan fingerprint density at radius 1 is 1.23 bits per heavy atom. The third kappa shape index (κ3) is 1.50. The number of hydrogen-bond acceptors (Lipinski definition) is 0. The maximum absolute atomic E-state index is 2.32. The van der Waals surface area contributed by atoms with Crippen molar-refractivity contribution in [2.75, 3.05) is 0 Å². The van der Waals surface area contributed by atoms with Crippen LogP contribution in [-0.4, -0.2) is 17.7 Å². The standard InChI is InChI=1S/C12H13.Li/c1-9(2)11-8-7-10-5-3-4-6-12(10)11;/h3-7,9,11H,1-2H3;. The minimum atomic E-state index is 0.649. The van der Waals surface area contributed by atoms with Crippen LogP contribution in [0.2, 0.25) is 0 Å². The second-order valence-corrected chi connectivity index (χ2v) is 4.24. The van der Waals surface area contributed by atoms with E-state index in [4.69, 9.17) is 0 Å². The first-order valence-corrected chi connectivity index (χ1v) is 4.97. The molecule has 0 saturated carbocycles. The van der Waals surface area contributed by atoms with E-state index >= 15 is 0 Å². The molecule has 0 heterocycles. The average Bonchev–Trinajstić information content (AvgIpc) is 2.39. The van der Waals surface area contributed by atoms with Crippen LogP contribution in [-0.2, 0) is 0 Å². The van der Waals surface area contributed by atoms with Crippen LogP contribution in [0.15, 0.2) is 28.5 Å². The maximum atomic E-state index is 2.32. The Labute approximate surface area is 89.2 Å². The van der Waals surface area contributed by atoms with Gasteiger partial charge in [0.1, 0.15) is 0 Å². The second-order valence-electron chi connectivity index (χ2n) is 4.24. The molecule has 0 nitrogen and oxygen atoms in total. The molecule has 0 saturated heterocycles. The summed E-state index contributed by atoms with van der Waals surface area (Å²) in [6, 6.07) is 8.72. The van der Waals surface area contributed by atoms with Gasteiger partial charge in [0.05, 0.1) is 0 Å². The zero-order valence-electron chi connectivity index (χ0n) is 8.54. The summed E-state index contributed by atoms with van der Waals surface area (Å²) in [6.45, 7) is 4.59. The normalized spacial score (nSPS) is 20.4. The third-order valence-corrected chi connectivity index (χ3v) is 2.87. The molecule has 0 aliphatic heterocycles. The minimum absolute atomic E-state index is 0.649. The van der Waals surface area contributed by atoms with Gasteiger partial charge in [0.25, 0.3) is 0 Å².